The van der Waals surface area contributed by atoms with Crippen LogP contribution in [-0.4, -0.2) is 167 Å². The molecule has 4 aliphatic heterocycles. The summed E-state index contributed by atoms with van der Waals surface area (Å²) in [5, 5.41) is 35.3. The quantitative estimate of drug-likeness (QED) is 0.0196. The van der Waals surface area contributed by atoms with Gasteiger partial charge in [-0.3, -0.25) is 33.6 Å². The Balaban J connectivity index is 0.00000366. The maximum absolute atomic E-state index is 14.0. The van der Waals surface area contributed by atoms with E-state index in [4.69, 9.17) is 45.1 Å². The number of anilines is 1. The number of aliphatic carboxylic acids is 1. The zero-order valence-electron chi connectivity index (χ0n) is 49.9. The largest absolute Gasteiger partial charge is 0.481 e. The SMILES string of the molecule is CC(=O)O.CC(=O)O[C@@H](C)/C=C\C(=O)N[C@@H]1C[C@H](C)[C@H](C/C=C(C)/C=C/[C@H]2O[C@H](CC(=O)N3CCCCN3C(=O)OCc3ccc(NC(=O)[C@H](CCCNC(N)=O)NC(=O)[C@@H](NC(=O)CCCCCN)C(C)C)cc3)C[C@@]3(CO3)[C@@H]2O)O[C@@H]1C. The zero-order chi connectivity index (χ0) is 62.1. The maximum atomic E-state index is 14.0. The van der Waals surface area contributed by atoms with Crippen molar-refractivity contribution in [3.63, 3.8) is 0 Å². The number of carbonyl (C=O) groups is 9. The molecule has 468 valence electrons. The van der Waals surface area contributed by atoms with Gasteiger partial charge in [-0.1, -0.05) is 63.1 Å². The van der Waals surface area contributed by atoms with Gasteiger partial charge in [-0.2, -0.15) is 0 Å². The summed E-state index contributed by atoms with van der Waals surface area (Å²) in [4.78, 5) is 112. The molecule has 11 atom stereocenters. The molecule has 1 spiro atoms. The number of nitrogens with zero attached hydrogens (tertiary/aromatic N) is 2. The topological polar surface area (TPSA) is 362 Å². The standard InChI is InChI=1S/C57H87N9O14.C2H4O2/c1-35(2)51(64-48(68)15-9-8-10-26-58)54(73)63-44(14-13-27-60-55(59)74)53(72)61-42-21-19-41(20-22-42)33-76-56(75)66-29-12-11-28-65(66)50(70)31-43-32-57(34-77-57)52(71)47(80-43)24-17-36(3)16-23-46-37(4)30-45(39(6)79-46)62-49(69)25-18-38(5)78-40(7)67;1-2(3)4/h16-22,24-25,35,37-39,43-47,51-52,71H,8-15,23,26-34,58H2,1-7H3,(H,61,72)(H,62,69)(H,63,73)(H,64,68)(H3,59,60,74);1H3,(H,3,4)/b24-17+,25-18-,36-16+;/t37-,38-,39+,43+,44-,45+,46-,47+,51-,52+,57+;/m0./s1. The first-order valence-electron chi connectivity index (χ1n) is 29.1. The van der Waals surface area contributed by atoms with E-state index in [0.29, 0.717) is 75.9 Å². The van der Waals surface area contributed by atoms with Crippen LogP contribution in [0.15, 0.2) is 60.2 Å². The first kappa shape index (κ1) is 69.6. The number of aliphatic hydroxyl groups excluding tert-OH is 1. The van der Waals surface area contributed by atoms with Gasteiger partial charge in [0.05, 0.1) is 37.4 Å². The average molecular weight is 1180 g/mol. The number of hydrogen-bond acceptors (Lipinski definition) is 16. The molecule has 0 radical (unpaired) electrons. The van der Waals surface area contributed by atoms with Crippen molar-refractivity contribution >= 4 is 59.3 Å². The summed E-state index contributed by atoms with van der Waals surface area (Å²) < 4.78 is 29.2. The summed E-state index contributed by atoms with van der Waals surface area (Å²) in [7, 11) is 0. The zero-order valence-corrected chi connectivity index (χ0v) is 49.9. The number of ether oxygens (including phenoxy) is 5. The van der Waals surface area contributed by atoms with Gasteiger partial charge in [-0.15, -0.1) is 0 Å². The summed E-state index contributed by atoms with van der Waals surface area (Å²) in [6, 6.07) is 3.74. The Morgan fingerprint density at radius 2 is 1.57 bits per heavy atom. The highest BCUT2D eigenvalue weighted by molar-refractivity contribution is 5.98. The molecule has 25 nitrogen and oxygen atoms in total. The molecule has 4 aliphatic rings. The number of aliphatic hydroxyl groups is 1. The van der Waals surface area contributed by atoms with Gasteiger partial charge in [-0.05, 0) is 114 Å². The molecule has 0 aromatic heterocycles. The third-order valence-electron chi connectivity index (χ3n) is 14.7. The Morgan fingerprint density at radius 1 is 0.893 bits per heavy atom. The molecule has 0 bridgehead atoms. The minimum Gasteiger partial charge on any atom is -0.481 e. The summed E-state index contributed by atoms with van der Waals surface area (Å²) in [5.74, 6) is -3.36. The van der Waals surface area contributed by atoms with Gasteiger partial charge in [0.15, 0.2) is 0 Å². The number of primary amides is 1. The summed E-state index contributed by atoms with van der Waals surface area (Å²) >= 11 is 0. The normalized spacial score (nSPS) is 24.2. The molecule has 0 unspecified atom stereocenters. The number of esters is 1. The lowest BCUT2D eigenvalue weighted by atomic mass is 9.87. The van der Waals surface area contributed by atoms with E-state index in [1.54, 1.807) is 51.1 Å². The molecular formula is C59H91N9O16. The Kier molecular flexibility index (Phi) is 28.8. The van der Waals surface area contributed by atoms with Gasteiger partial charge >= 0.3 is 18.1 Å². The lowest BCUT2D eigenvalue weighted by molar-refractivity contribution is -0.163. The maximum Gasteiger partial charge on any atom is 0.429 e. The highest BCUT2D eigenvalue weighted by atomic mass is 16.6. The average Bonchev–Trinajstić information content (AvgIpc) is 4.34. The number of carboxylic acid groups (broad SMARTS) is 1. The molecule has 4 fully saturated rings. The van der Waals surface area contributed by atoms with Gasteiger partial charge in [0.1, 0.15) is 42.6 Å². The van der Waals surface area contributed by atoms with Crippen LogP contribution in [0.4, 0.5) is 15.3 Å². The third-order valence-corrected chi connectivity index (χ3v) is 14.7. The summed E-state index contributed by atoms with van der Waals surface area (Å²) in [6.07, 6.45) is 10.5. The number of urea groups is 1. The number of carbonyl (C=O) groups excluding carboxylic acids is 8. The highest BCUT2D eigenvalue weighted by Gasteiger charge is 2.58. The molecule has 4 heterocycles. The number of epoxide rings is 1. The smallest absolute Gasteiger partial charge is 0.429 e. The predicted octanol–water partition coefficient (Wildman–Crippen LogP) is 4.16. The van der Waals surface area contributed by atoms with Crippen molar-refractivity contribution in [2.24, 2.45) is 23.3 Å². The fourth-order valence-corrected chi connectivity index (χ4v) is 9.97. The van der Waals surface area contributed by atoms with E-state index in [-0.39, 0.29) is 86.8 Å². The van der Waals surface area contributed by atoms with Crippen molar-refractivity contribution in [1.29, 1.82) is 0 Å². The molecule has 4 saturated heterocycles. The van der Waals surface area contributed by atoms with Crippen molar-refractivity contribution in [2.75, 3.05) is 38.1 Å². The van der Waals surface area contributed by atoms with E-state index < -0.39 is 78.0 Å². The molecule has 25 heteroatoms. The number of unbranched alkanes of at least 4 members (excludes halogenated alkanes) is 2. The van der Waals surface area contributed by atoms with Crippen molar-refractivity contribution < 1.29 is 77.0 Å². The molecular weight excluding hydrogens is 1090 g/mol. The number of nitrogens with two attached hydrogens (primary N) is 2. The first-order chi connectivity index (χ1) is 39.8. The predicted molar refractivity (Wildman–Crippen MR) is 310 cm³/mol. The second-order valence-electron chi connectivity index (χ2n) is 22.3. The van der Waals surface area contributed by atoms with Crippen LogP contribution in [0.3, 0.4) is 0 Å². The monoisotopic (exact) mass is 1180 g/mol. The van der Waals surface area contributed by atoms with Gasteiger partial charge in [0.25, 0.3) is 5.97 Å². The van der Waals surface area contributed by atoms with Crippen molar-refractivity contribution in [1.82, 2.24) is 31.3 Å². The van der Waals surface area contributed by atoms with Crippen LogP contribution in [0.2, 0.25) is 0 Å². The number of hydrogen-bond donors (Lipinski definition) is 9. The van der Waals surface area contributed by atoms with E-state index >= 15 is 0 Å². The second-order valence-corrected chi connectivity index (χ2v) is 22.3. The fourth-order valence-electron chi connectivity index (χ4n) is 9.97. The highest BCUT2D eigenvalue weighted by Crippen LogP contribution is 2.43. The minimum absolute atomic E-state index is 0.0617. The number of benzene rings is 1. The number of allylic oxidation sites excluding steroid dienone is 2. The molecule has 1 aromatic carbocycles. The fraction of sp³-hybridized carbons (Fsp3) is 0.644. The Hall–Kier alpha value is -6.93. The molecule has 5 rings (SSSR count). The number of carboxylic acids is 1. The Labute approximate surface area is 492 Å². The summed E-state index contributed by atoms with van der Waals surface area (Å²) in [6.45, 7) is 15.1. The van der Waals surface area contributed by atoms with Crippen LogP contribution < -0.4 is 38.1 Å². The number of nitrogens with one attached hydrogen (secondary N) is 5. The second kappa shape index (κ2) is 34.7. The van der Waals surface area contributed by atoms with Gasteiger partial charge in [-0.25, -0.2) is 19.6 Å². The van der Waals surface area contributed by atoms with Crippen LogP contribution in [0.1, 0.15) is 138 Å². The number of hydrazine groups is 1. The van der Waals surface area contributed by atoms with Crippen LogP contribution in [0.5, 0.6) is 0 Å². The van der Waals surface area contributed by atoms with E-state index in [1.165, 1.54) is 29.1 Å². The number of rotatable bonds is 27. The molecule has 11 N–H and O–H groups in total. The van der Waals surface area contributed by atoms with Gasteiger partial charge in [0.2, 0.25) is 29.5 Å². The third kappa shape index (κ3) is 24.0. The molecule has 8 amide bonds. The lowest BCUT2D eigenvalue weighted by Crippen LogP contribution is -2.55. The summed E-state index contributed by atoms with van der Waals surface area (Å²) in [5.41, 5.74) is 11.8. The Morgan fingerprint density at radius 3 is 2.20 bits per heavy atom. The molecule has 0 aliphatic carbocycles. The molecule has 1 aromatic rings. The van der Waals surface area contributed by atoms with Crippen molar-refractivity contribution in [3.05, 3.63) is 65.8 Å². The van der Waals surface area contributed by atoms with E-state index in [9.17, 15) is 43.5 Å². The van der Waals surface area contributed by atoms with Crippen molar-refractivity contribution in [2.45, 2.75) is 199 Å². The van der Waals surface area contributed by atoms with E-state index in [2.05, 4.69) is 39.6 Å². The van der Waals surface area contributed by atoms with Crippen LogP contribution in [-0.2, 0) is 63.9 Å². The first-order valence-corrected chi connectivity index (χ1v) is 29.1. The van der Waals surface area contributed by atoms with Crippen LogP contribution in [0, 0.1) is 11.8 Å². The van der Waals surface area contributed by atoms with Crippen LogP contribution >= 0.6 is 0 Å². The van der Waals surface area contributed by atoms with Gasteiger partial charge < -0.3 is 71.9 Å². The van der Waals surface area contributed by atoms with E-state index in [1.807, 2.05) is 19.9 Å². The number of amides is 8. The molecule has 0 saturated carbocycles. The lowest BCUT2D eigenvalue weighted by Gasteiger charge is -2.40. The van der Waals surface area contributed by atoms with Crippen molar-refractivity contribution in [3.8, 4) is 0 Å². The van der Waals surface area contributed by atoms with E-state index in [0.717, 1.165) is 25.3 Å². The minimum atomic E-state index is -1.03. The van der Waals surface area contributed by atoms with Gasteiger partial charge in [0, 0.05) is 58.1 Å². The van der Waals surface area contributed by atoms with Crippen LogP contribution in [0.25, 0.3) is 0 Å². The Bertz CT molecular complexity index is 2460. The molecule has 84 heavy (non-hydrogen) atoms.